The van der Waals surface area contributed by atoms with E-state index in [0.717, 1.165) is 0 Å². The predicted octanol–water partition coefficient (Wildman–Crippen LogP) is 4.32. The first-order valence-corrected chi connectivity index (χ1v) is 9.47. The fourth-order valence-corrected chi connectivity index (χ4v) is 3.51. The molecule has 0 radical (unpaired) electrons. The van der Waals surface area contributed by atoms with E-state index in [0.29, 0.717) is 29.1 Å². The second kappa shape index (κ2) is 7.36. The molecule has 1 amide bonds. The molecule has 0 atom stereocenters. The third-order valence-corrected chi connectivity index (χ3v) is 4.93. The van der Waals surface area contributed by atoms with E-state index in [4.69, 9.17) is 0 Å². The first-order valence-electron chi connectivity index (χ1n) is 8.68. The number of hydrogen-bond acceptors (Lipinski definition) is 3. The molecular weight excluding hydrogens is 406 g/mol. The Morgan fingerprint density at radius 1 is 1.07 bits per heavy atom. The minimum atomic E-state index is -0.288. The molecule has 136 valence electrons. The van der Waals surface area contributed by atoms with Crippen LogP contribution in [0, 0.1) is 0 Å². The Kier molecular flexibility index (Phi) is 4.77. The molecule has 4 aromatic rings. The van der Waals surface area contributed by atoms with Crippen LogP contribution in [0.2, 0.25) is 0 Å². The van der Waals surface area contributed by atoms with E-state index in [-0.39, 0.29) is 5.91 Å². The minimum Gasteiger partial charge on any atom is -0.304 e. The van der Waals surface area contributed by atoms with Gasteiger partial charge in [-0.3, -0.25) is 14.2 Å². The summed E-state index contributed by atoms with van der Waals surface area (Å²) in [4.78, 5) is 12.4. The standard InChI is InChI=1S/C20H18BrN5O/c1-2-25-13-17(21)19(24-25)20(27)22-18-10-11-26(23-18)12-15-8-5-7-14-6-3-4-9-16(14)15/h3-11,13H,2,12H2,1H3,(H,22,23,27). The van der Waals surface area contributed by atoms with Crippen molar-refractivity contribution in [1.82, 2.24) is 19.6 Å². The van der Waals surface area contributed by atoms with Crippen molar-refractivity contribution in [2.45, 2.75) is 20.0 Å². The summed E-state index contributed by atoms with van der Waals surface area (Å²) >= 11 is 3.37. The van der Waals surface area contributed by atoms with Crippen LogP contribution in [0.25, 0.3) is 10.8 Å². The third-order valence-electron chi connectivity index (χ3n) is 4.35. The van der Waals surface area contributed by atoms with E-state index in [1.807, 2.05) is 36.0 Å². The number of hydrogen-bond donors (Lipinski definition) is 1. The van der Waals surface area contributed by atoms with Gasteiger partial charge in [-0.15, -0.1) is 0 Å². The molecule has 0 saturated carbocycles. The summed E-state index contributed by atoms with van der Waals surface area (Å²) < 4.78 is 4.19. The van der Waals surface area contributed by atoms with Crippen LogP contribution in [0.15, 0.2) is 65.4 Å². The number of anilines is 1. The van der Waals surface area contributed by atoms with Crippen molar-refractivity contribution in [3.05, 3.63) is 76.7 Å². The lowest BCUT2D eigenvalue weighted by atomic mass is 10.0. The molecule has 0 bridgehead atoms. The van der Waals surface area contributed by atoms with Gasteiger partial charge < -0.3 is 5.32 Å². The lowest BCUT2D eigenvalue weighted by Crippen LogP contribution is -2.14. The molecule has 0 spiro atoms. The van der Waals surface area contributed by atoms with Crippen LogP contribution in [0.5, 0.6) is 0 Å². The zero-order valence-corrected chi connectivity index (χ0v) is 16.3. The number of amides is 1. The number of rotatable bonds is 5. The van der Waals surface area contributed by atoms with Crippen LogP contribution in [-0.4, -0.2) is 25.5 Å². The van der Waals surface area contributed by atoms with Gasteiger partial charge in [0.25, 0.3) is 5.91 Å². The Balaban J connectivity index is 1.51. The van der Waals surface area contributed by atoms with Crippen molar-refractivity contribution in [2.75, 3.05) is 5.32 Å². The fraction of sp³-hybridized carbons (Fsp3) is 0.150. The monoisotopic (exact) mass is 423 g/mol. The van der Waals surface area contributed by atoms with Gasteiger partial charge in [-0.1, -0.05) is 42.5 Å². The van der Waals surface area contributed by atoms with Gasteiger partial charge in [-0.25, -0.2) is 0 Å². The number of carbonyl (C=O) groups is 1. The molecule has 7 heteroatoms. The predicted molar refractivity (Wildman–Crippen MR) is 109 cm³/mol. The van der Waals surface area contributed by atoms with Gasteiger partial charge in [0.1, 0.15) is 0 Å². The Bertz CT molecular complexity index is 1110. The lowest BCUT2D eigenvalue weighted by molar-refractivity contribution is 0.102. The number of aromatic nitrogens is 4. The molecule has 0 unspecified atom stereocenters. The highest BCUT2D eigenvalue weighted by atomic mass is 79.9. The van der Waals surface area contributed by atoms with Crippen molar-refractivity contribution in [1.29, 1.82) is 0 Å². The van der Waals surface area contributed by atoms with Crippen LogP contribution in [0.3, 0.4) is 0 Å². The Hall–Kier alpha value is -2.93. The molecule has 2 aromatic heterocycles. The summed E-state index contributed by atoms with van der Waals surface area (Å²) in [5, 5.41) is 13.9. The lowest BCUT2D eigenvalue weighted by Gasteiger charge is -2.07. The topological polar surface area (TPSA) is 64.7 Å². The molecule has 2 aromatic carbocycles. The van der Waals surface area contributed by atoms with Crippen molar-refractivity contribution >= 4 is 38.4 Å². The van der Waals surface area contributed by atoms with Crippen molar-refractivity contribution in [3.8, 4) is 0 Å². The molecule has 2 heterocycles. The van der Waals surface area contributed by atoms with E-state index in [1.165, 1.54) is 16.3 Å². The van der Waals surface area contributed by atoms with E-state index in [9.17, 15) is 4.79 Å². The van der Waals surface area contributed by atoms with Crippen molar-refractivity contribution < 1.29 is 4.79 Å². The molecule has 6 nitrogen and oxygen atoms in total. The molecule has 0 aliphatic rings. The van der Waals surface area contributed by atoms with E-state index < -0.39 is 0 Å². The minimum absolute atomic E-state index is 0.288. The number of nitrogens with one attached hydrogen (secondary N) is 1. The highest BCUT2D eigenvalue weighted by Crippen LogP contribution is 2.20. The molecule has 0 saturated heterocycles. The average Bonchev–Trinajstić information content (AvgIpc) is 3.28. The van der Waals surface area contributed by atoms with Gasteiger partial charge in [-0.05, 0) is 39.2 Å². The number of halogens is 1. The van der Waals surface area contributed by atoms with Gasteiger partial charge in [0.05, 0.1) is 11.0 Å². The Morgan fingerprint density at radius 3 is 2.70 bits per heavy atom. The van der Waals surface area contributed by atoms with E-state index in [1.54, 1.807) is 16.9 Å². The third kappa shape index (κ3) is 3.64. The Labute approximate surface area is 164 Å². The maximum Gasteiger partial charge on any atom is 0.278 e. The summed E-state index contributed by atoms with van der Waals surface area (Å²) in [5.74, 6) is 0.211. The summed E-state index contributed by atoms with van der Waals surface area (Å²) in [6, 6.07) is 16.3. The SMILES string of the molecule is CCn1cc(Br)c(C(=O)Nc2ccn(Cc3cccc4ccccc34)n2)n1. The maximum atomic E-state index is 12.4. The van der Waals surface area contributed by atoms with Gasteiger partial charge >= 0.3 is 0 Å². The Morgan fingerprint density at radius 2 is 1.89 bits per heavy atom. The second-order valence-electron chi connectivity index (χ2n) is 6.17. The number of nitrogens with zero attached hydrogens (tertiary/aromatic N) is 4. The highest BCUT2D eigenvalue weighted by molar-refractivity contribution is 9.10. The smallest absolute Gasteiger partial charge is 0.278 e. The largest absolute Gasteiger partial charge is 0.304 e. The van der Waals surface area contributed by atoms with Gasteiger partial charge in [0, 0.05) is 25.0 Å². The number of aryl methyl sites for hydroxylation is 1. The average molecular weight is 424 g/mol. The number of fused-ring (bicyclic) bond motifs is 1. The zero-order chi connectivity index (χ0) is 18.8. The van der Waals surface area contributed by atoms with E-state index >= 15 is 0 Å². The number of carbonyl (C=O) groups excluding carboxylic acids is 1. The first-order chi connectivity index (χ1) is 13.1. The summed E-state index contributed by atoms with van der Waals surface area (Å²) in [7, 11) is 0. The van der Waals surface area contributed by atoms with Crippen LogP contribution >= 0.6 is 15.9 Å². The highest BCUT2D eigenvalue weighted by Gasteiger charge is 2.16. The molecule has 4 rings (SSSR count). The fourth-order valence-electron chi connectivity index (χ4n) is 3.01. The van der Waals surface area contributed by atoms with Crippen molar-refractivity contribution in [2.24, 2.45) is 0 Å². The molecule has 27 heavy (non-hydrogen) atoms. The molecule has 0 fully saturated rings. The summed E-state index contributed by atoms with van der Waals surface area (Å²) in [6.07, 6.45) is 3.64. The van der Waals surface area contributed by atoms with Crippen molar-refractivity contribution in [3.63, 3.8) is 0 Å². The molecule has 0 aliphatic carbocycles. The first kappa shape index (κ1) is 17.5. The van der Waals surface area contributed by atoms with Crippen LogP contribution in [0.4, 0.5) is 5.82 Å². The van der Waals surface area contributed by atoms with Crippen LogP contribution < -0.4 is 5.32 Å². The normalized spacial score (nSPS) is 11.0. The van der Waals surface area contributed by atoms with E-state index in [2.05, 4.69) is 55.7 Å². The van der Waals surface area contributed by atoms with Crippen LogP contribution in [-0.2, 0) is 13.1 Å². The van der Waals surface area contributed by atoms with Gasteiger partial charge in [-0.2, -0.15) is 10.2 Å². The summed E-state index contributed by atoms with van der Waals surface area (Å²) in [6.45, 7) is 3.30. The van der Waals surface area contributed by atoms with Crippen LogP contribution in [0.1, 0.15) is 23.0 Å². The summed E-state index contributed by atoms with van der Waals surface area (Å²) in [5.41, 5.74) is 1.53. The second-order valence-corrected chi connectivity index (χ2v) is 7.03. The maximum absolute atomic E-state index is 12.4. The molecule has 1 N–H and O–H groups in total. The molecular formula is C20H18BrN5O. The van der Waals surface area contributed by atoms with Gasteiger partial charge in [0.2, 0.25) is 0 Å². The zero-order valence-electron chi connectivity index (χ0n) is 14.8. The molecule has 0 aliphatic heterocycles. The quantitative estimate of drug-likeness (QED) is 0.519. The number of benzene rings is 2. The van der Waals surface area contributed by atoms with Gasteiger partial charge in [0.15, 0.2) is 11.5 Å².